The van der Waals surface area contributed by atoms with E-state index in [0.717, 1.165) is 28.8 Å². The highest BCUT2D eigenvalue weighted by Crippen LogP contribution is 2.36. The van der Waals surface area contributed by atoms with Crippen LogP contribution in [0.2, 0.25) is 0 Å². The Morgan fingerprint density at radius 1 is 1.00 bits per heavy atom. The summed E-state index contributed by atoms with van der Waals surface area (Å²) < 4.78 is 1.94. The average Bonchev–Trinajstić information content (AvgIpc) is 2.75. The Bertz CT molecular complexity index is 1140. The van der Waals surface area contributed by atoms with Crippen molar-refractivity contribution in [3.8, 4) is 11.1 Å². The minimum atomic E-state index is -0.0346. The topological polar surface area (TPSA) is 68.1 Å². The number of fused-ring (bicyclic) bond motifs is 4. The number of carbonyl (C=O) groups is 1. The Morgan fingerprint density at radius 3 is 2.59 bits per heavy atom. The minimum Gasteiger partial charge on any atom is -0.338 e. The van der Waals surface area contributed by atoms with Gasteiger partial charge in [-0.05, 0) is 42.5 Å². The molecule has 2 atom stereocenters. The van der Waals surface area contributed by atoms with Crippen LogP contribution in [-0.2, 0) is 6.54 Å². The molecule has 2 unspecified atom stereocenters. The molecule has 146 valence electrons. The number of likely N-dealkylation sites (tertiary alicyclic amines) is 1. The summed E-state index contributed by atoms with van der Waals surface area (Å²) in [5, 5.41) is 0. The second-order valence-electron chi connectivity index (χ2n) is 8.04. The fraction of sp³-hybridized carbons (Fsp3) is 0.304. The lowest BCUT2D eigenvalue weighted by molar-refractivity contribution is 0.0594. The molecule has 1 aromatic carbocycles. The van der Waals surface area contributed by atoms with Crippen LogP contribution in [-0.4, -0.2) is 38.4 Å². The van der Waals surface area contributed by atoms with Gasteiger partial charge in [0.2, 0.25) is 0 Å². The van der Waals surface area contributed by atoms with E-state index in [1.165, 1.54) is 6.33 Å². The molecule has 1 amide bonds. The molecule has 1 saturated heterocycles. The fourth-order valence-electron chi connectivity index (χ4n) is 4.78. The maximum absolute atomic E-state index is 13.3. The lowest BCUT2D eigenvalue weighted by Crippen LogP contribution is -2.49. The number of carbonyl (C=O) groups excluding carboxylic acids is 1. The number of piperidine rings is 1. The van der Waals surface area contributed by atoms with E-state index in [0.29, 0.717) is 25.2 Å². The van der Waals surface area contributed by atoms with Crippen LogP contribution in [0.15, 0.2) is 59.9 Å². The molecule has 2 aliphatic rings. The third-order valence-electron chi connectivity index (χ3n) is 6.13. The normalized spacial score (nSPS) is 20.2. The molecule has 0 N–H and O–H groups in total. The molecule has 6 heteroatoms. The molecule has 0 spiro atoms. The maximum Gasteiger partial charge on any atom is 0.258 e. The fourth-order valence-corrected chi connectivity index (χ4v) is 4.78. The smallest absolute Gasteiger partial charge is 0.258 e. The average molecular weight is 386 g/mol. The first-order valence-electron chi connectivity index (χ1n) is 9.96. The lowest BCUT2D eigenvalue weighted by Gasteiger charge is -2.42. The van der Waals surface area contributed by atoms with Crippen LogP contribution < -0.4 is 5.56 Å². The molecule has 2 aliphatic heterocycles. The number of hydrogen-bond acceptors (Lipinski definition) is 4. The second-order valence-corrected chi connectivity index (χ2v) is 8.04. The third kappa shape index (κ3) is 3.05. The van der Waals surface area contributed by atoms with E-state index < -0.39 is 0 Å². The standard InChI is InChI=1S/C23H22N4O2/c1-15-4-2-3-5-19(15)20-6-7-21-17-8-16(12-27(21)23(20)29)11-26(13-17)22(28)18-9-24-14-25-10-18/h2-7,9-10,14,16-17H,8,11-13H2,1H3. The van der Waals surface area contributed by atoms with Crippen molar-refractivity contribution in [3.05, 3.63) is 82.3 Å². The van der Waals surface area contributed by atoms with Gasteiger partial charge in [-0.2, -0.15) is 0 Å². The summed E-state index contributed by atoms with van der Waals surface area (Å²) in [6.07, 6.45) is 5.56. The van der Waals surface area contributed by atoms with Gasteiger partial charge in [-0.15, -0.1) is 0 Å². The number of hydrogen-bond donors (Lipinski definition) is 0. The van der Waals surface area contributed by atoms with Crippen molar-refractivity contribution < 1.29 is 4.79 Å². The monoisotopic (exact) mass is 386 g/mol. The molecule has 1 fully saturated rings. The molecule has 0 radical (unpaired) electrons. The SMILES string of the molecule is Cc1ccccc1-c1ccc2n(c1=O)CC1CC2CN(C(=O)c2cncnc2)C1. The summed E-state index contributed by atoms with van der Waals surface area (Å²) >= 11 is 0. The summed E-state index contributed by atoms with van der Waals surface area (Å²) in [6, 6.07) is 12.0. The summed E-state index contributed by atoms with van der Waals surface area (Å²) in [7, 11) is 0. The van der Waals surface area contributed by atoms with Crippen LogP contribution in [0.4, 0.5) is 0 Å². The molecule has 2 aromatic heterocycles. The van der Waals surface area contributed by atoms with E-state index in [9.17, 15) is 9.59 Å². The van der Waals surface area contributed by atoms with E-state index >= 15 is 0 Å². The maximum atomic E-state index is 13.3. The first kappa shape index (κ1) is 17.8. The first-order valence-corrected chi connectivity index (χ1v) is 9.96. The Kier molecular flexibility index (Phi) is 4.27. The van der Waals surface area contributed by atoms with Crippen molar-refractivity contribution in [2.45, 2.75) is 25.8 Å². The molecule has 0 aliphatic carbocycles. The van der Waals surface area contributed by atoms with Crippen molar-refractivity contribution >= 4 is 5.91 Å². The van der Waals surface area contributed by atoms with Gasteiger partial charge in [0.05, 0.1) is 5.56 Å². The highest BCUT2D eigenvalue weighted by molar-refractivity contribution is 5.93. The van der Waals surface area contributed by atoms with Crippen molar-refractivity contribution in [1.29, 1.82) is 0 Å². The summed E-state index contributed by atoms with van der Waals surface area (Å²) in [6.45, 7) is 3.96. The Balaban J connectivity index is 1.49. The van der Waals surface area contributed by atoms with Gasteiger partial charge in [-0.1, -0.05) is 24.3 Å². The zero-order valence-electron chi connectivity index (χ0n) is 16.3. The number of rotatable bonds is 2. The van der Waals surface area contributed by atoms with Crippen molar-refractivity contribution in [3.63, 3.8) is 0 Å². The van der Waals surface area contributed by atoms with Gasteiger partial charge in [0.1, 0.15) is 6.33 Å². The minimum absolute atomic E-state index is 0.0346. The van der Waals surface area contributed by atoms with Gasteiger partial charge in [0.15, 0.2) is 0 Å². The highest BCUT2D eigenvalue weighted by Gasteiger charge is 2.37. The summed E-state index contributed by atoms with van der Waals surface area (Å²) in [5.41, 5.74) is 4.46. The molecule has 4 heterocycles. The Labute approximate surface area is 168 Å². The van der Waals surface area contributed by atoms with Gasteiger partial charge in [0, 0.05) is 49.2 Å². The van der Waals surface area contributed by atoms with E-state index in [1.807, 2.05) is 46.7 Å². The predicted molar refractivity (Wildman–Crippen MR) is 110 cm³/mol. The number of nitrogens with zero attached hydrogens (tertiary/aromatic N) is 4. The molecule has 29 heavy (non-hydrogen) atoms. The van der Waals surface area contributed by atoms with Gasteiger partial charge >= 0.3 is 0 Å². The zero-order valence-corrected chi connectivity index (χ0v) is 16.3. The lowest BCUT2D eigenvalue weighted by atomic mass is 9.82. The van der Waals surface area contributed by atoms with E-state index in [1.54, 1.807) is 12.4 Å². The number of pyridine rings is 1. The van der Waals surface area contributed by atoms with Crippen molar-refractivity contribution in [2.75, 3.05) is 13.1 Å². The van der Waals surface area contributed by atoms with Gasteiger partial charge < -0.3 is 9.47 Å². The molecule has 5 rings (SSSR count). The quantitative estimate of drug-likeness (QED) is 0.679. The first-order chi connectivity index (χ1) is 14.1. The predicted octanol–water partition coefficient (Wildman–Crippen LogP) is 2.87. The van der Waals surface area contributed by atoms with Crippen LogP contribution in [0, 0.1) is 12.8 Å². The highest BCUT2D eigenvalue weighted by atomic mass is 16.2. The van der Waals surface area contributed by atoms with Crippen LogP contribution in [0.1, 0.15) is 34.0 Å². The van der Waals surface area contributed by atoms with Crippen LogP contribution in [0.5, 0.6) is 0 Å². The zero-order chi connectivity index (χ0) is 20.0. The van der Waals surface area contributed by atoms with Crippen LogP contribution in [0.3, 0.4) is 0 Å². The van der Waals surface area contributed by atoms with Gasteiger partial charge in [-0.3, -0.25) is 9.59 Å². The van der Waals surface area contributed by atoms with Gasteiger partial charge in [-0.25, -0.2) is 9.97 Å². The van der Waals surface area contributed by atoms with E-state index in [2.05, 4.69) is 16.0 Å². The molecule has 6 nitrogen and oxygen atoms in total. The van der Waals surface area contributed by atoms with Gasteiger partial charge in [0.25, 0.3) is 11.5 Å². The Morgan fingerprint density at radius 2 is 1.79 bits per heavy atom. The summed E-state index contributed by atoms with van der Waals surface area (Å²) in [4.78, 5) is 36.0. The van der Waals surface area contributed by atoms with Crippen LogP contribution in [0.25, 0.3) is 11.1 Å². The number of aryl methyl sites for hydroxylation is 1. The van der Waals surface area contributed by atoms with E-state index in [4.69, 9.17) is 0 Å². The van der Waals surface area contributed by atoms with Crippen LogP contribution >= 0.6 is 0 Å². The largest absolute Gasteiger partial charge is 0.338 e. The molecule has 0 saturated carbocycles. The van der Waals surface area contributed by atoms with E-state index in [-0.39, 0.29) is 23.3 Å². The Hall–Kier alpha value is -3.28. The molecular weight excluding hydrogens is 364 g/mol. The number of aromatic nitrogens is 3. The molecular formula is C23H22N4O2. The number of amides is 1. The third-order valence-corrected chi connectivity index (χ3v) is 6.13. The second kappa shape index (κ2) is 6.95. The molecule has 3 aromatic rings. The number of benzene rings is 1. The van der Waals surface area contributed by atoms with Crippen molar-refractivity contribution in [1.82, 2.24) is 19.4 Å². The molecule has 2 bridgehead atoms. The summed E-state index contributed by atoms with van der Waals surface area (Å²) in [5.74, 6) is 0.418. The van der Waals surface area contributed by atoms with Crippen molar-refractivity contribution in [2.24, 2.45) is 5.92 Å².